The summed E-state index contributed by atoms with van der Waals surface area (Å²) >= 11 is 0. The lowest BCUT2D eigenvalue weighted by atomic mass is 10.1. The van der Waals surface area contributed by atoms with Gasteiger partial charge in [0.1, 0.15) is 18.2 Å². The van der Waals surface area contributed by atoms with Gasteiger partial charge in [0.2, 0.25) is 0 Å². The third kappa shape index (κ3) is 3.59. The number of amides is 3. The normalized spacial score (nSPS) is 18.6. The van der Waals surface area contributed by atoms with Gasteiger partial charge in [0, 0.05) is 0 Å². The Morgan fingerprint density at radius 3 is 2.43 bits per heavy atom. The molecule has 0 bridgehead atoms. The number of nitrogens with one attached hydrogen (secondary N) is 1. The molecule has 0 saturated carbocycles. The van der Waals surface area contributed by atoms with Gasteiger partial charge >= 0.3 is 12.0 Å². The van der Waals surface area contributed by atoms with Gasteiger partial charge in [-0.2, -0.15) is 0 Å². The summed E-state index contributed by atoms with van der Waals surface area (Å²) < 4.78 is 5.12. The smallest absolute Gasteiger partial charge is 0.326 e. The number of imide groups is 1. The van der Waals surface area contributed by atoms with E-state index < -0.39 is 29.6 Å². The van der Waals surface area contributed by atoms with Crippen LogP contribution in [0.5, 0.6) is 0 Å². The van der Waals surface area contributed by atoms with Gasteiger partial charge < -0.3 is 10.1 Å². The fraction of sp³-hybridized carbons (Fsp3) is 0.400. The van der Waals surface area contributed by atoms with E-state index in [1.54, 1.807) is 45.0 Å². The zero-order valence-electron chi connectivity index (χ0n) is 12.3. The topological polar surface area (TPSA) is 75.7 Å². The highest BCUT2D eigenvalue weighted by atomic mass is 16.6. The number of ether oxygens (including phenoxy) is 1. The minimum Gasteiger partial charge on any atom is -0.459 e. The predicted molar refractivity (Wildman–Crippen MR) is 75.3 cm³/mol. The van der Waals surface area contributed by atoms with Gasteiger partial charge in [-0.25, -0.2) is 4.79 Å². The molecule has 0 aromatic heterocycles. The van der Waals surface area contributed by atoms with Crippen LogP contribution >= 0.6 is 0 Å². The number of hydrogen-bond acceptors (Lipinski definition) is 4. The average Bonchev–Trinajstić information content (AvgIpc) is 2.66. The number of urea groups is 1. The van der Waals surface area contributed by atoms with Crippen LogP contribution in [0.25, 0.3) is 0 Å². The minimum atomic E-state index is -0.749. The van der Waals surface area contributed by atoms with Gasteiger partial charge in [-0.1, -0.05) is 30.3 Å². The maximum atomic E-state index is 12.3. The Morgan fingerprint density at radius 2 is 1.86 bits per heavy atom. The summed E-state index contributed by atoms with van der Waals surface area (Å²) in [6, 6.07) is 7.56. The predicted octanol–water partition coefficient (Wildman–Crippen LogP) is 1.62. The third-order valence-electron chi connectivity index (χ3n) is 2.87. The van der Waals surface area contributed by atoms with Crippen molar-refractivity contribution >= 4 is 17.9 Å². The Labute approximate surface area is 123 Å². The maximum Gasteiger partial charge on any atom is 0.326 e. The van der Waals surface area contributed by atoms with E-state index in [0.717, 1.165) is 4.90 Å². The summed E-state index contributed by atoms with van der Waals surface area (Å²) in [5.74, 6) is -1.06. The fourth-order valence-corrected chi connectivity index (χ4v) is 2.04. The molecule has 0 radical (unpaired) electrons. The molecule has 21 heavy (non-hydrogen) atoms. The molecule has 1 N–H and O–H groups in total. The molecule has 1 fully saturated rings. The van der Waals surface area contributed by atoms with Crippen LogP contribution in [0.15, 0.2) is 30.3 Å². The van der Waals surface area contributed by atoms with Gasteiger partial charge in [-0.15, -0.1) is 0 Å². The van der Waals surface area contributed by atoms with Gasteiger partial charge in [-0.05, 0) is 26.3 Å². The Balaban J connectivity index is 2.07. The summed E-state index contributed by atoms with van der Waals surface area (Å²) in [7, 11) is 0. The quantitative estimate of drug-likeness (QED) is 0.678. The van der Waals surface area contributed by atoms with Gasteiger partial charge in [-0.3, -0.25) is 14.5 Å². The molecule has 6 nitrogen and oxygen atoms in total. The molecule has 0 unspecified atom stereocenters. The molecule has 1 aliphatic heterocycles. The van der Waals surface area contributed by atoms with Crippen molar-refractivity contribution in [2.45, 2.75) is 32.4 Å². The summed E-state index contributed by atoms with van der Waals surface area (Å²) in [5.41, 5.74) is 0.0253. The van der Waals surface area contributed by atoms with E-state index in [-0.39, 0.29) is 6.54 Å². The molecular formula is C15H18N2O4. The highest BCUT2D eigenvalue weighted by Crippen LogP contribution is 2.21. The highest BCUT2D eigenvalue weighted by Gasteiger charge is 2.40. The van der Waals surface area contributed by atoms with Crippen LogP contribution in [0.1, 0.15) is 32.4 Å². The van der Waals surface area contributed by atoms with Crippen molar-refractivity contribution in [3.8, 4) is 0 Å². The second kappa shape index (κ2) is 5.55. The van der Waals surface area contributed by atoms with E-state index >= 15 is 0 Å². The van der Waals surface area contributed by atoms with Gasteiger partial charge in [0.25, 0.3) is 5.91 Å². The molecular weight excluding hydrogens is 272 g/mol. The Morgan fingerprint density at radius 1 is 1.24 bits per heavy atom. The largest absolute Gasteiger partial charge is 0.459 e. The van der Waals surface area contributed by atoms with E-state index in [4.69, 9.17) is 4.74 Å². The maximum absolute atomic E-state index is 12.3. The standard InChI is InChI=1S/C15H18N2O4/c1-15(2,3)21-11(18)9-17-13(19)12(16-14(17)20)10-7-5-4-6-8-10/h4-8,12H,9H2,1-3H3,(H,16,20)/t12-/m0/s1. The third-order valence-corrected chi connectivity index (χ3v) is 2.87. The first-order valence-corrected chi connectivity index (χ1v) is 6.66. The van der Waals surface area contributed by atoms with Crippen molar-refractivity contribution in [3.63, 3.8) is 0 Å². The van der Waals surface area contributed by atoms with Crippen molar-refractivity contribution in [2.75, 3.05) is 6.54 Å². The number of esters is 1. The molecule has 1 aromatic carbocycles. The molecule has 0 spiro atoms. The van der Waals surface area contributed by atoms with Gasteiger partial charge in [0.15, 0.2) is 0 Å². The van der Waals surface area contributed by atoms with E-state index in [9.17, 15) is 14.4 Å². The first-order valence-electron chi connectivity index (χ1n) is 6.66. The first kappa shape index (κ1) is 15.0. The summed E-state index contributed by atoms with van der Waals surface area (Å²) in [4.78, 5) is 36.7. The van der Waals surface area contributed by atoms with E-state index in [1.807, 2.05) is 6.07 Å². The average molecular weight is 290 g/mol. The Kier molecular flexibility index (Phi) is 3.97. The Bertz CT molecular complexity index is 563. The van der Waals surface area contributed by atoms with Crippen LogP contribution < -0.4 is 5.32 Å². The number of benzene rings is 1. The molecule has 0 aliphatic carbocycles. The number of carbonyl (C=O) groups excluding carboxylic acids is 3. The number of hydrogen-bond donors (Lipinski definition) is 1. The highest BCUT2D eigenvalue weighted by molar-refractivity contribution is 6.06. The summed E-state index contributed by atoms with van der Waals surface area (Å²) in [6.07, 6.45) is 0. The molecule has 2 rings (SSSR count). The monoisotopic (exact) mass is 290 g/mol. The van der Waals surface area contributed by atoms with Crippen LogP contribution in [0.2, 0.25) is 0 Å². The molecule has 1 aromatic rings. The van der Waals surface area contributed by atoms with E-state index in [0.29, 0.717) is 5.56 Å². The minimum absolute atomic E-state index is 0.384. The molecule has 1 atom stereocenters. The lowest BCUT2D eigenvalue weighted by Crippen LogP contribution is -2.38. The molecule has 3 amide bonds. The van der Waals surface area contributed by atoms with Crippen molar-refractivity contribution in [1.82, 2.24) is 10.2 Å². The SMILES string of the molecule is CC(C)(C)OC(=O)CN1C(=O)N[C@@H](c2ccccc2)C1=O. The number of nitrogens with zero attached hydrogens (tertiary/aromatic N) is 1. The molecule has 6 heteroatoms. The van der Waals surface area contributed by atoms with Crippen molar-refractivity contribution in [3.05, 3.63) is 35.9 Å². The second-order valence-electron chi connectivity index (χ2n) is 5.80. The van der Waals surface area contributed by atoms with E-state index in [1.165, 1.54) is 0 Å². The molecule has 1 saturated heterocycles. The van der Waals surface area contributed by atoms with Crippen molar-refractivity contribution < 1.29 is 19.1 Å². The van der Waals surface area contributed by atoms with Crippen molar-refractivity contribution in [1.29, 1.82) is 0 Å². The molecule has 1 heterocycles. The van der Waals surface area contributed by atoms with Crippen LogP contribution in [-0.4, -0.2) is 35.0 Å². The lowest BCUT2D eigenvalue weighted by molar-refractivity contribution is -0.157. The van der Waals surface area contributed by atoms with E-state index in [2.05, 4.69) is 5.32 Å². The Hall–Kier alpha value is -2.37. The van der Waals surface area contributed by atoms with Crippen LogP contribution in [0.4, 0.5) is 4.79 Å². The zero-order chi connectivity index (χ0) is 15.6. The number of carbonyl (C=O) groups is 3. The summed E-state index contributed by atoms with van der Waals surface area (Å²) in [6.45, 7) is 4.79. The second-order valence-corrected chi connectivity index (χ2v) is 5.80. The van der Waals surface area contributed by atoms with Gasteiger partial charge in [0.05, 0.1) is 0 Å². The fourth-order valence-electron chi connectivity index (χ4n) is 2.04. The first-order chi connectivity index (χ1) is 9.78. The van der Waals surface area contributed by atoms with Crippen LogP contribution in [0, 0.1) is 0 Å². The van der Waals surface area contributed by atoms with Crippen LogP contribution in [0.3, 0.4) is 0 Å². The molecule has 1 aliphatic rings. The zero-order valence-corrected chi connectivity index (χ0v) is 12.3. The van der Waals surface area contributed by atoms with Crippen molar-refractivity contribution in [2.24, 2.45) is 0 Å². The molecule has 112 valence electrons. The lowest BCUT2D eigenvalue weighted by Gasteiger charge is -2.21. The summed E-state index contributed by atoms with van der Waals surface area (Å²) in [5, 5.41) is 2.57. The van der Waals surface area contributed by atoms with Crippen LogP contribution in [-0.2, 0) is 14.3 Å². The number of rotatable bonds is 3.